The van der Waals surface area contributed by atoms with Crippen LogP contribution in [-0.2, 0) is 12.3 Å². The predicted octanol–water partition coefficient (Wildman–Crippen LogP) is 3.52. The first-order chi connectivity index (χ1) is 11.3. The van der Waals surface area contributed by atoms with Gasteiger partial charge in [-0.3, -0.25) is 4.68 Å². The van der Waals surface area contributed by atoms with Crippen molar-refractivity contribution in [2.45, 2.75) is 50.8 Å². The molecule has 2 aromatic rings. The van der Waals surface area contributed by atoms with Crippen molar-refractivity contribution in [1.82, 2.24) is 20.1 Å². The molecule has 0 saturated heterocycles. The van der Waals surface area contributed by atoms with Crippen LogP contribution in [0.5, 0.6) is 0 Å². The van der Waals surface area contributed by atoms with Gasteiger partial charge in [-0.05, 0) is 24.6 Å². The number of thioether (sulfide) groups is 1. The molecule has 0 radical (unpaired) electrons. The highest BCUT2D eigenvalue weighted by molar-refractivity contribution is 7.99. The Morgan fingerprint density at radius 2 is 2.17 bits per heavy atom. The molecule has 2 N–H and O–H groups in total. The van der Waals surface area contributed by atoms with Crippen molar-refractivity contribution in [1.29, 1.82) is 0 Å². The van der Waals surface area contributed by atoms with Crippen molar-refractivity contribution in [2.24, 2.45) is 0 Å². The van der Waals surface area contributed by atoms with Crippen molar-refractivity contribution in [3.05, 3.63) is 42.5 Å². The van der Waals surface area contributed by atoms with E-state index in [9.17, 15) is 4.79 Å². The Labute approximate surface area is 147 Å². The lowest BCUT2D eigenvalue weighted by atomic mass is 10.2. The number of carbonyl (C=O) groups excluding carboxylic acids is 1. The minimum Gasteiger partial charge on any atom is -0.334 e. The van der Waals surface area contributed by atoms with Crippen molar-refractivity contribution in [2.75, 3.05) is 5.32 Å². The molecule has 0 aliphatic heterocycles. The highest BCUT2D eigenvalue weighted by atomic mass is 32.2. The molecule has 1 heterocycles. The summed E-state index contributed by atoms with van der Waals surface area (Å²) in [5.74, 6) is 0.920. The van der Waals surface area contributed by atoms with E-state index in [4.69, 9.17) is 0 Å². The van der Waals surface area contributed by atoms with E-state index in [1.807, 2.05) is 36.9 Å². The van der Waals surface area contributed by atoms with Gasteiger partial charge in [-0.1, -0.05) is 32.9 Å². The lowest BCUT2D eigenvalue weighted by Crippen LogP contribution is -2.38. The molecule has 0 saturated carbocycles. The second-order valence-corrected chi connectivity index (χ2v) is 8.52. The Morgan fingerprint density at radius 1 is 1.38 bits per heavy atom. The van der Waals surface area contributed by atoms with Gasteiger partial charge in [0.05, 0.1) is 6.54 Å². The van der Waals surface area contributed by atoms with Crippen LogP contribution in [-0.4, -0.2) is 31.6 Å². The van der Waals surface area contributed by atoms with Crippen molar-refractivity contribution in [3.8, 4) is 0 Å². The molecule has 2 amide bonds. The van der Waals surface area contributed by atoms with Crippen molar-refractivity contribution < 1.29 is 4.79 Å². The lowest BCUT2D eigenvalue weighted by molar-refractivity contribution is 0.247. The summed E-state index contributed by atoms with van der Waals surface area (Å²) in [5.41, 5.74) is 2.00. The van der Waals surface area contributed by atoms with Crippen LogP contribution in [0, 0.1) is 0 Å². The maximum Gasteiger partial charge on any atom is 0.319 e. The Balaban J connectivity index is 1.84. The number of amides is 2. The first-order valence-corrected chi connectivity index (χ1v) is 8.93. The normalized spacial score (nSPS) is 12.7. The van der Waals surface area contributed by atoms with Crippen LogP contribution in [0.25, 0.3) is 0 Å². The molecule has 0 bridgehead atoms. The average Bonchev–Trinajstić information content (AvgIpc) is 2.97. The Hall–Kier alpha value is -2.02. The third kappa shape index (κ3) is 6.62. The average molecular weight is 347 g/mol. The van der Waals surface area contributed by atoms with Gasteiger partial charge in [-0.25, -0.2) is 9.78 Å². The number of hydrogen-bond acceptors (Lipinski definition) is 4. The summed E-state index contributed by atoms with van der Waals surface area (Å²) in [5, 5.41) is 9.81. The topological polar surface area (TPSA) is 71.8 Å². The van der Waals surface area contributed by atoms with Crippen LogP contribution in [0.2, 0.25) is 0 Å². The fourth-order valence-corrected chi connectivity index (χ4v) is 2.86. The van der Waals surface area contributed by atoms with Gasteiger partial charge in [0.1, 0.15) is 12.7 Å². The van der Waals surface area contributed by atoms with Gasteiger partial charge in [-0.15, -0.1) is 0 Å². The Kier molecular flexibility index (Phi) is 6.25. The fourth-order valence-electron chi connectivity index (χ4n) is 2.08. The largest absolute Gasteiger partial charge is 0.334 e. The Morgan fingerprint density at radius 3 is 2.83 bits per heavy atom. The number of rotatable bonds is 6. The molecule has 1 aromatic carbocycles. The zero-order chi connectivity index (χ0) is 17.6. The highest BCUT2D eigenvalue weighted by Gasteiger charge is 2.11. The van der Waals surface area contributed by atoms with Crippen LogP contribution >= 0.6 is 11.8 Å². The third-order valence-electron chi connectivity index (χ3n) is 3.16. The molecular weight excluding hydrogens is 322 g/mol. The molecule has 7 heteroatoms. The predicted molar refractivity (Wildman–Crippen MR) is 99.1 cm³/mol. The number of urea groups is 1. The van der Waals surface area contributed by atoms with Crippen LogP contribution < -0.4 is 10.6 Å². The molecule has 24 heavy (non-hydrogen) atoms. The van der Waals surface area contributed by atoms with Crippen LogP contribution in [0.1, 0.15) is 33.3 Å². The lowest BCUT2D eigenvalue weighted by Gasteiger charge is -2.18. The zero-order valence-corrected chi connectivity index (χ0v) is 15.4. The number of benzene rings is 1. The summed E-state index contributed by atoms with van der Waals surface area (Å²) in [7, 11) is 0. The van der Waals surface area contributed by atoms with E-state index in [-0.39, 0.29) is 16.8 Å². The van der Waals surface area contributed by atoms with Crippen LogP contribution in [0.15, 0.2) is 36.9 Å². The quantitative estimate of drug-likeness (QED) is 0.839. The number of hydrogen-bond donors (Lipinski definition) is 2. The van der Waals surface area contributed by atoms with Gasteiger partial charge in [-0.2, -0.15) is 16.9 Å². The maximum absolute atomic E-state index is 12.1. The van der Waals surface area contributed by atoms with E-state index in [2.05, 4.69) is 47.6 Å². The van der Waals surface area contributed by atoms with E-state index in [0.717, 1.165) is 11.4 Å². The molecule has 6 nitrogen and oxygen atoms in total. The van der Waals surface area contributed by atoms with Gasteiger partial charge in [0, 0.05) is 22.2 Å². The van der Waals surface area contributed by atoms with E-state index in [1.165, 1.54) is 11.9 Å². The number of aromatic nitrogens is 3. The minimum atomic E-state index is -0.219. The number of carbonyl (C=O) groups is 1. The second kappa shape index (κ2) is 8.19. The third-order valence-corrected chi connectivity index (χ3v) is 4.51. The first kappa shape index (κ1) is 18.3. The van der Waals surface area contributed by atoms with E-state index in [1.54, 1.807) is 11.0 Å². The van der Waals surface area contributed by atoms with Gasteiger partial charge in [0.25, 0.3) is 0 Å². The maximum atomic E-state index is 12.1. The number of nitrogens with zero attached hydrogens (tertiary/aromatic N) is 3. The molecule has 0 aliphatic rings. The monoisotopic (exact) mass is 347 g/mol. The highest BCUT2D eigenvalue weighted by Crippen LogP contribution is 2.27. The summed E-state index contributed by atoms with van der Waals surface area (Å²) < 4.78 is 1.91. The van der Waals surface area contributed by atoms with E-state index >= 15 is 0 Å². The van der Waals surface area contributed by atoms with Gasteiger partial charge >= 0.3 is 6.03 Å². The summed E-state index contributed by atoms with van der Waals surface area (Å²) >= 11 is 1.88. The molecule has 0 aliphatic carbocycles. The minimum absolute atomic E-state index is 0.0497. The van der Waals surface area contributed by atoms with Crippen LogP contribution in [0.4, 0.5) is 10.5 Å². The smallest absolute Gasteiger partial charge is 0.319 e. The number of nitrogens with one attached hydrogen (secondary N) is 2. The summed E-state index contributed by atoms with van der Waals surface area (Å²) in [6, 6.07) is 7.68. The summed E-state index contributed by atoms with van der Waals surface area (Å²) in [6.45, 7) is 9.10. The second-order valence-electron chi connectivity index (χ2n) is 6.72. The standard InChI is InChI=1S/C17H25N5OS/c1-13(9-22-12-18-11-19-22)20-16(23)21-15-7-5-6-14(8-15)10-24-17(2,3)4/h5-8,11-13H,9-10H2,1-4H3,(H2,20,21,23)/t13-/m1/s1. The SMILES string of the molecule is C[C@H](Cn1cncn1)NC(=O)Nc1cccc(CSC(C)(C)C)c1. The van der Waals surface area contributed by atoms with Crippen molar-refractivity contribution in [3.63, 3.8) is 0 Å². The molecule has 0 unspecified atom stereocenters. The summed E-state index contributed by atoms with van der Waals surface area (Å²) in [6.07, 6.45) is 3.11. The Bertz CT molecular complexity index is 651. The summed E-state index contributed by atoms with van der Waals surface area (Å²) in [4.78, 5) is 16.0. The molecule has 2 rings (SSSR count). The van der Waals surface area contributed by atoms with Gasteiger partial charge in [0.15, 0.2) is 0 Å². The van der Waals surface area contributed by atoms with Gasteiger partial charge in [0.2, 0.25) is 0 Å². The molecule has 1 atom stereocenters. The molecule has 1 aromatic heterocycles. The molecule has 130 valence electrons. The molecular formula is C17H25N5OS. The molecule has 0 spiro atoms. The first-order valence-electron chi connectivity index (χ1n) is 7.95. The van der Waals surface area contributed by atoms with E-state index in [0.29, 0.717) is 6.54 Å². The molecule has 0 fully saturated rings. The number of anilines is 1. The fraction of sp³-hybridized carbons (Fsp3) is 0.471. The van der Waals surface area contributed by atoms with Gasteiger partial charge < -0.3 is 10.6 Å². The van der Waals surface area contributed by atoms with Crippen LogP contribution in [0.3, 0.4) is 0 Å². The van der Waals surface area contributed by atoms with E-state index < -0.39 is 0 Å². The van der Waals surface area contributed by atoms with Crippen molar-refractivity contribution >= 4 is 23.5 Å². The zero-order valence-electron chi connectivity index (χ0n) is 14.6.